The molecule has 0 radical (unpaired) electrons. The molecule has 2 rings (SSSR count). The lowest BCUT2D eigenvalue weighted by Gasteiger charge is -2.24. The Balaban J connectivity index is 2.24. The van der Waals surface area contributed by atoms with Gasteiger partial charge in [0, 0.05) is 0 Å². The summed E-state index contributed by atoms with van der Waals surface area (Å²) >= 11 is 16.7. The third-order valence-corrected chi connectivity index (χ3v) is 3.92. The fourth-order valence-corrected chi connectivity index (χ4v) is 2.04. The second kappa shape index (κ2) is 5.44. The average Bonchev–Trinajstić information content (AvgIpc) is 3.20. The quantitative estimate of drug-likeness (QED) is 0.643. The maximum Gasteiger partial charge on any atom is 0.259 e. The normalized spacial score (nSPS) is 15.1. The number of rotatable bonds is 2. The highest BCUT2D eigenvalue weighted by atomic mass is 35.5. The second-order valence-corrected chi connectivity index (χ2v) is 5.64. The van der Waals surface area contributed by atoms with Gasteiger partial charge in [-0.05, 0) is 43.3 Å². The Morgan fingerprint density at radius 1 is 1.45 bits per heavy atom. The molecule has 0 saturated heterocycles. The molecule has 3 N–H and O–H groups in total. The maximum absolute atomic E-state index is 12.0. The van der Waals surface area contributed by atoms with E-state index in [1.165, 1.54) is 11.1 Å². The minimum absolute atomic E-state index is 0.0644. The van der Waals surface area contributed by atoms with Crippen LogP contribution in [0.25, 0.3) is 0 Å². The number of hydrazine groups is 1. The van der Waals surface area contributed by atoms with E-state index in [4.69, 9.17) is 46.4 Å². The van der Waals surface area contributed by atoms with Gasteiger partial charge in [-0.15, -0.1) is 0 Å². The number of carbonyl (C=O) groups excluding carboxylic acids is 1. The Bertz CT molecular complexity index is 624. The van der Waals surface area contributed by atoms with Crippen molar-refractivity contribution in [2.45, 2.75) is 12.8 Å². The Kier molecular flexibility index (Phi) is 4.04. The molecular formula is C12H10Cl2N4OS. The number of anilines is 1. The summed E-state index contributed by atoms with van der Waals surface area (Å²) in [5, 5.41) is 10.8. The number of hydrogen-bond acceptors (Lipinski definition) is 3. The summed E-state index contributed by atoms with van der Waals surface area (Å²) in [6, 6.07) is 6.70. The minimum atomic E-state index is -0.973. The molecular weight excluding hydrogens is 319 g/mol. The Morgan fingerprint density at radius 3 is 2.55 bits per heavy atom. The Morgan fingerprint density at radius 2 is 2.10 bits per heavy atom. The highest BCUT2D eigenvalue weighted by Gasteiger charge is 2.51. The zero-order chi connectivity index (χ0) is 14.9. The van der Waals surface area contributed by atoms with E-state index in [0.29, 0.717) is 28.6 Å². The van der Waals surface area contributed by atoms with E-state index in [1.54, 1.807) is 12.1 Å². The van der Waals surface area contributed by atoms with E-state index >= 15 is 0 Å². The van der Waals surface area contributed by atoms with Crippen LogP contribution in [0.5, 0.6) is 0 Å². The largest absolute Gasteiger partial charge is 0.374 e. The molecule has 0 heterocycles. The number of nitriles is 1. The first-order valence-corrected chi connectivity index (χ1v) is 6.83. The van der Waals surface area contributed by atoms with Crippen LogP contribution >= 0.6 is 35.4 Å². The summed E-state index contributed by atoms with van der Waals surface area (Å²) in [5.74, 6) is -0.432. The number of nitrogens with two attached hydrogens (primary N) is 1. The van der Waals surface area contributed by atoms with Gasteiger partial charge >= 0.3 is 0 Å². The van der Waals surface area contributed by atoms with Crippen LogP contribution in [0.3, 0.4) is 0 Å². The van der Waals surface area contributed by atoms with Crippen LogP contribution in [0, 0.1) is 16.7 Å². The van der Waals surface area contributed by atoms with Gasteiger partial charge in [0.2, 0.25) is 0 Å². The van der Waals surface area contributed by atoms with E-state index in [2.05, 4.69) is 5.43 Å². The SMILES string of the molecule is N#CC1(C(=O)NN(C(N)=S)c2ccc(Cl)c(Cl)c2)CC1. The molecule has 1 aromatic carbocycles. The lowest BCUT2D eigenvalue weighted by Crippen LogP contribution is -2.51. The monoisotopic (exact) mass is 328 g/mol. The molecule has 0 spiro atoms. The fourth-order valence-electron chi connectivity index (χ4n) is 1.59. The number of benzene rings is 1. The second-order valence-electron chi connectivity index (χ2n) is 4.41. The summed E-state index contributed by atoms with van der Waals surface area (Å²) < 4.78 is 0. The molecule has 8 heteroatoms. The molecule has 1 saturated carbocycles. The van der Waals surface area contributed by atoms with Crippen LogP contribution in [-0.4, -0.2) is 11.0 Å². The van der Waals surface area contributed by atoms with Gasteiger partial charge in [-0.3, -0.25) is 10.2 Å². The number of carbonyl (C=O) groups is 1. The molecule has 1 amide bonds. The van der Waals surface area contributed by atoms with Crippen LogP contribution in [-0.2, 0) is 4.79 Å². The van der Waals surface area contributed by atoms with Gasteiger partial charge in [0.15, 0.2) is 5.11 Å². The van der Waals surface area contributed by atoms with Crippen molar-refractivity contribution >= 4 is 52.1 Å². The molecule has 1 aliphatic rings. The first kappa shape index (κ1) is 14.9. The predicted molar refractivity (Wildman–Crippen MR) is 81.1 cm³/mol. The summed E-state index contributed by atoms with van der Waals surface area (Å²) in [7, 11) is 0. The maximum atomic E-state index is 12.0. The van der Waals surface area contributed by atoms with Gasteiger partial charge in [-0.25, -0.2) is 5.01 Å². The van der Waals surface area contributed by atoms with Crippen molar-refractivity contribution in [2.75, 3.05) is 5.01 Å². The lowest BCUT2D eigenvalue weighted by atomic mass is 10.1. The van der Waals surface area contributed by atoms with Crippen molar-refractivity contribution in [1.82, 2.24) is 5.43 Å². The number of nitrogens with zero attached hydrogens (tertiary/aromatic N) is 2. The van der Waals surface area contributed by atoms with E-state index in [-0.39, 0.29) is 5.11 Å². The smallest absolute Gasteiger partial charge is 0.259 e. The van der Waals surface area contributed by atoms with Gasteiger partial charge in [0.1, 0.15) is 5.41 Å². The van der Waals surface area contributed by atoms with Gasteiger partial charge in [0.05, 0.1) is 21.8 Å². The van der Waals surface area contributed by atoms with Crippen molar-refractivity contribution in [3.63, 3.8) is 0 Å². The van der Waals surface area contributed by atoms with Gasteiger partial charge in [0.25, 0.3) is 5.91 Å². The highest BCUT2D eigenvalue weighted by Crippen LogP contribution is 2.45. The zero-order valence-corrected chi connectivity index (χ0v) is 12.5. The number of thiocarbonyl (C=S) groups is 1. The minimum Gasteiger partial charge on any atom is -0.374 e. The predicted octanol–water partition coefficient (Wildman–Crippen LogP) is 2.38. The van der Waals surface area contributed by atoms with Crippen molar-refractivity contribution in [3.8, 4) is 6.07 Å². The molecule has 0 unspecified atom stereocenters. The van der Waals surface area contributed by atoms with Crippen molar-refractivity contribution in [2.24, 2.45) is 11.1 Å². The molecule has 1 aliphatic carbocycles. The first-order chi connectivity index (χ1) is 9.39. The molecule has 0 bridgehead atoms. The molecule has 5 nitrogen and oxygen atoms in total. The Hall–Kier alpha value is -1.55. The average molecular weight is 329 g/mol. The molecule has 1 aromatic rings. The fraction of sp³-hybridized carbons (Fsp3) is 0.250. The number of nitrogens with one attached hydrogen (secondary N) is 1. The van der Waals surface area contributed by atoms with Crippen LogP contribution in [0.4, 0.5) is 5.69 Å². The standard InChI is InChI=1S/C12H10Cl2N4OS/c13-8-2-1-7(5-9(8)14)18(11(16)20)17-10(19)12(6-15)3-4-12/h1-2,5H,3-4H2,(H2,16,20)(H,17,19). The molecule has 0 atom stereocenters. The van der Waals surface area contributed by atoms with Crippen molar-refractivity contribution in [3.05, 3.63) is 28.2 Å². The van der Waals surface area contributed by atoms with Crippen LogP contribution < -0.4 is 16.2 Å². The van der Waals surface area contributed by atoms with Crippen LogP contribution in [0.15, 0.2) is 18.2 Å². The summed E-state index contributed by atoms with van der Waals surface area (Å²) in [6.07, 6.45) is 1.06. The topological polar surface area (TPSA) is 82.2 Å². The number of halogens is 2. The third-order valence-electron chi connectivity index (χ3n) is 2.99. The van der Waals surface area contributed by atoms with Gasteiger partial charge in [-0.2, -0.15) is 5.26 Å². The molecule has 0 aliphatic heterocycles. The third kappa shape index (κ3) is 2.80. The summed E-state index contributed by atoms with van der Waals surface area (Å²) in [5.41, 5.74) is 7.62. The van der Waals surface area contributed by atoms with E-state index < -0.39 is 11.3 Å². The van der Waals surface area contributed by atoms with Gasteiger partial charge in [-0.1, -0.05) is 23.2 Å². The summed E-state index contributed by atoms with van der Waals surface area (Å²) in [6.45, 7) is 0. The van der Waals surface area contributed by atoms with E-state index in [1.807, 2.05) is 6.07 Å². The summed E-state index contributed by atoms with van der Waals surface area (Å²) in [4.78, 5) is 12.0. The number of hydrogen-bond donors (Lipinski definition) is 2. The zero-order valence-electron chi connectivity index (χ0n) is 10.2. The Labute approximate surface area is 131 Å². The lowest BCUT2D eigenvalue weighted by molar-refractivity contribution is -0.124. The van der Waals surface area contributed by atoms with Gasteiger partial charge < -0.3 is 5.73 Å². The van der Waals surface area contributed by atoms with Crippen molar-refractivity contribution < 1.29 is 4.79 Å². The molecule has 0 aromatic heterocycles. The molecule has 20 heavy (non-hydrogen) atoms. The van der Waals surface area contributed by atoms with E-state index in [9.17, 15) is 4.79 Å². The van der Waals surface area contributed by atoms with Crippen LogP contribution in [0.1, 0.15) is 12.8 Å². The first-order valence-electron chi connectivity index (χ1n) is 5.66. The van der Waals surface area contributed by atoms with Crippen molar-refractivity contribution in [1.29, 1.82) is 5.26 Å². The van der Waals surface area contributed by atoms with Crippen LogP contribution in [0.2, 0.25) is 10.0 Å². The van der Waals surface area contributed by atoms with E-state index in [0.717, 1.165) is 0 Å². The highest BCUT2D eigenvalue weighted by molar-refractivity contribution is 7.80. The molecule has 1 fully saturated rings. The molecule has 104 valence electrons. The number of amides is 1.